The van der Waals surface area contributed by atoms with Crippen LogP contribution < -0.4 is 4.74 Å². The van der Waals surface area contributed by atoms with Crippen molar-refractivity contribution in [3.8, 4) is 5.75 Å². The number of Topliss-reactive ketones (excluding diaryl/α,β-unsaturated/α-hetero) is 1. The molecule has 168 valence electrons. The molecular formula is C25H25ClFNO4. The number of aliphatic hydroxyl groups excluding tert-OH is 1. The van der Waals surface area contributed by atoms with E-state index in [0.717, 1.165) is 37.7 Å². The van der Waals surface area contributed by atoms with Gasteiger partial charge in [0.25, 0.3) is 11.7 Å². The third-order valence-corrected chi connectivity index (χ3v) is 6.56. The summed E-state index contributed by atoms with van der Waals surface area (Å²) in [4.78, 5) is 28.0. The van der Waals surface area contributed by atoms with Crippen LogP contribution in [0.5, 0.6) is 5.75 Å². The molecule has 2 aromatic rings. The quantitative estimate of drug-likeness (QED) is 0.371. The number of rotatable bonds is 4. The summed E-state index contributed by atoms with van der Waals surface area (Å²) in [5, 5.41) is 11.6. The molecule has 2 fully saturated rings. The second-order valence-electron chi connectivity index (χ2n) is 8.38. The molecule has 1 saturated carbocycles. The first-order valence-corrected chi connectivity index (χ1v) is 11.1. The number of ketones is 1. The van der Waals surface area contributed by atoms with Crippen molar-refractivity contribution in [3.05, 3.63) is 69.5 Å². The van der Waals surface area contributed by atoms with E-state index in [9.17, 15) is 19.1 Å². The Bertz CT molecular complexity index is 1090. The number of likely N-dealkylation sites (tertiary alicyclic amines) is 1. The van der Waals surface area contributed by atoms with Gasteiger partial charge < -0.3 is 14.7 Å². The minimum absolute atomic E-state index is 0.0350. The van der Waals surface area contributed by atoms with E-state index >= 15 is 0 Å². The Morgan fingerprint density at radius 2 is 1.78 bits per heavy atom. The number of aliphatic hydroxyl groups is 1. The smallest absolute Gasteiger partial charge is 0.295 e. The number of nitrogens with zero attached hydrogens (tertiary/aromatic N) is 1. The van der Waals surface area contributed by atoms with Crippen LogP contribution in [0.4, 0.5) is 4.39 Å². The first-order chi connectivity index (χ1) is 15.3. The van der Waals surface area contributed by atoms with E-state index in [-0.39, 0.29) is 33.7 Å². The van der Waals surface area contributed by atoms with Crippen molar-refractivity contribution in [3.63, 3.8) is 0 Å². The minimum atomic E-state index is -0.817. The van der Waals surface area contributed by atoms with Crippen LogP contribution in [0.3, 0.4) is 0 Å². The van der Waals surface area contributed by atoms with Crippen LogP contribution in [0.25, 0.3) is 5.76 Å². The molecule has 5 nitrogen and oxygen atoms in total. The summed E-state index contributed by atoms with van der Waals surface area (Å²) in [6.45, 7) is 1.81. The third kappa shape index (κ3) is 3.88. The van der Waals surface area contributed by atoms with Gasteiger partial charge in [-0.3, -0.25) is 9.59 Å². The summed E-state index contributed by atoms with van der Waals surface area (Å²) in [5.74, 6) is -1.96. The fourth-order valence-corrected chi connectivity index (χ4v) is 5.17. The average Bonchev–Trinajstić information content (AvgIpc) is 3.04. The first-order valence-electron chi connectivity index (χ1n) is 10.7. The highest BCUT2D eigenvalue weighted by atomic mass is 35.5. The Hall–Kier alpha value is -2.86. The molecule has 0 aromatic heterocycles. The lowest BCUT2D eigenvalue weighted by Crippen LogP contribution is -2.40. The van der Waals surface area contributed by atoms with Gasteiger partial charge in [0.1, 0.15) is 17.3 Å². The average molecular weight is 458 g/mol. The van der Waals surface area contributed by atoms with Crippen molar-refractivity contribution in [2.45, 2.75) is 51.1 Å². The van der Waals surface area contributed by atoms with Crippen LogP contribution in [0.2, 0.25) is 5.02 Å². The summed E-state index contributed by atoms with van der Waals surface area (Å²) in [5.41, 5.74) is 1.53. The van der Waals surface area contributed by atoms with Crippen molar-refractivity contribution in [2.24, 2.45) is 0 Å². The highest BCUT2D eigenvalue weighted by Crippen LogP contribution is 2.45. The van der Waals surface area contributed by atoms with Gasteiger partial charge in [0.2, 0.25) is 0 Å². The number of carbonyl (C=O) groups is 2. The molecule has 32 heavy (non-hydrogen) atoms. The molecule has 0 bridgehead atoms. The number of halogens is 2. The molecular weight excluding hydrogens is 433 g/mol. The monoisotopic (exact) mass is 457 g/mol. The number of benzene rings is 2. The predicted molar refractivity (Wildman–Crippen MR) is 120 cm³/mol. The highest BCUT2D eigenvalue weighted by molar-refractivity contribution is 6.46. The molecule has 0 radical (unpaired) electrons. The summed E-state index contributed by atoms with van der Waals surface area (Å²) in [6.07, 6.45) is 4.57. The standard InChI is InChI=1S/C25H25ClFNO4/c1-14-12-18(24(32-2)19(26)13-14)22(29)20-21(15-8-10-16(27)11-9-15)28(25(31)23(20)30)17-6-4-3-5-7-17/h8-13,17,21,29H,3-7H2,1-2H3/b22-20+. The molecule has 1 heterocycles. The van der Waals surface area contributed by atoms with Crippen LogP contribution in [0.15, 0.2) is 42.0 Å². The SMILES string of the molecule is COc1c(Cl)cc(C)cc1/C(O)=C1\C(=O)C(=O)N(C2CCCCC2)C1c1ccc(F)cc1. The van der Waals surface area contributed by atoms with E-state index in [4.69, 9.17) is 16.3 Å². The number of amides is 1. The molecule has 1 aliphatic heterocycles. The van der Waals surface area contributed by atoms with Gasteiger partial charge in [-0.15, -0.1) is 0 Å². The van der Waals surface area contributed by atoms with E-state index in [1.165, 1.54) is 19.2 Å². The van der Waals surface area contributed by atoms with Crippen molar-refractivity contribution in [1.29, 1.82) is 0 Å². The second-order valence-corrected chi connectivity index (χ2v) is 8.78. The maximum absolute atomic E-state index is 13.6. The normalized spacial score (nSPS) is 21.2. The van der Waals surface area contributed by atoms with Crippen molar-refractivity contribution in [2.75, 3.05) is 7.11 Å². The molecule has 1 saturated heterocycles. The Balaban J connectivity index is 1.93. The number of hydrogen-bond donors (Lipinski definition) is 1. The molecule has 1 N–H and O–H groups in total. The summed E-state index contributed by atoms with van der Waals surface area (Å²) in [6, 6.07) is 8.10. The van der Waals surface area contributed by atoms with E-state index in [2.05, 4.69) is 0 Å². The van der Waals surface area contributed by atoms with Gasteiger partial charge in [-0.05, 0) is 55.2 Å². The number of ether oxygens (including phenoxy) is 1. The summed E-state index contributed by atoms with van der Waals surface area (Å²) in [7, 11) is 1.42. The second kappa shape index (κ2) is 8.94. The Kier molecular flexibility index (Phi) is 6.24. The fourth-order valence-electron chi connectivity index (χ4n) is 4.82. The van der Waals surface area contributed by atoms with Crippen LogP contribution in [0.1, 0.15) is 54.8 Å². The molecule has 0 spiro atoms. The lowest BCUT2D eigenvalue weighted by Gasteiger charge is -2.35. The molecule has 2 aliphatic rings. The molecule has 7 heteroatoms. The Labute approximate surface area is 191 Å². The highest BCUT2D eigenvalue weighted by Gasteiger charge is 2.49. The molecule has 1 atom stereocenters. The fraction of sp³-hybridized carbons (Fsp3) is 0.360. The molecule has 4 rings (SSSR count). The van der Waals surface area contributed by atoms with Crippen molar-refractivity contribution >= 4 is 29.1 Å². The lowest BCUT2D eigenvalue weighted by atomic mass is 9.90. The third-order valence-electron chi connectivity index (χ3n) is 6.28. The minimum Gasteiger partial charge on any atom is -0.507 e. The Morgan fingerprint density at radius 3 is 2.41 bits per heavy atom. The van der Waals surface area contributed by atoms with Crippen LogP contribution in [-0.2, 0) is 9.59 Å². The van der Waals surface area contributed by atoms with E-state index in [0.29, 0.717) is 5.56 Å². The van der Waals surface area contributed by atoms with E-state index in [1.807, 2.05) is 0 Å². The van der Waals surface area contributed by atoms with Gasteiger partial charge in [-0.25, -0.2) is 4.39 Å². The van der Waals surface area contributed by atoms with Gasteiger partial charge in [-0.1, -0.05) is 43.0 Å². The number of carbonyl (C=O) groups excluding carboxylic acids is 2. The molecule has 2 aromatic carbocycles. The van der Waals surface area contributed by atoms with Gasteiger partial charge in [0.15, 0.2) is 0 Å². The summed E-state index contributed by atoms with van der Waals surface area (Å²) >= 11 is 6.31. The lowest BCUT2D eigenvalue weighted by molar-refractivity contribution is -0.141. The van der Waals surface area contributed by atoms with Crippen LogP contribution >= 0.6 is 11.6 Å². The van der Waals surface area contributed by atoms with Crippen LogP contribution in [0, 0.1) is 12.7 Å². The predicted octanol–water partition coefficient (Wildman–Crippen LogP) is 5.55. The maximum atomic E-state index is 13.6. The van der Waals surface area contributed by atoms with E-state index in [1.54, 1.807) is 36.1 Å². The van der Waals surface area contributed by atoms with Gasteiger partial charge in [0, 0.05) is 6.04 Å². The maximum Gasteiger partial charge on any atom is 0.295 e. The number of aryl methyl sites for hydroxylation is 1. The van der Waals surface area contributed by atoms with E-state index < -0.39 is 23.5 Å². The largest absolute Gasteiger partial charge is 0.507 e. The first kappa shape index (κ1) is 22.3. The summed E-state index contributed by atoms with van der Waals surface area (Å²) < 4.78 is 19.0. The van der Waals surface area contributed by atoms with Gasteiger partial charge in [0.05, 0.1) is 29.3 Å². The molecule has 1 unspecified atom stereocenters. The van der Waals surface area contributed by atoms with Crippen LogP contribution in [-0.4, -0.2) is 34.8 Å². The van der Waals surface area contributed by atoms with Crippen molar-refractivity contribution in [1.82, 2.24) is 4.90 Å². The molecule has 1 aliphatic carbocycles. The van der Waals surface area contributed by atoms with Gasteiger partial charge in [-0.2, -0.15) is 0 Å². The zero-order chi connectivity index (χ0) is 23.0. The van der Waals surface area contributed by atoms with Crippen molar-refractivity contribution < 1.29 is 23.8 Å². The molecule has 1 amide bonds. The van der Waals surface area contributed by atoms with Gasteiger partial charge >= 0.3 is 0 Å². The Morgan fingerprint density at radius 1 is 1.12 bits per heavy atom. The zero-order valence-corrected chi connectivity index (χ0v) is 18.8. The number of methoxy groups -OCH3 is 1. The topological polar surface area (TPSA) is 66.8 Å². The number of hydrogen-bond acceptors (Lipinski definition) is 4. The zero-order valence-electron chi connectivity index (χ0n) is 18.0.